The second kappa shape index (κ2) is 6.33. The zero-order chi connectivity index (χ0) is 11.4. The molecule has 1 heteroatoms. The van der Waals surface area contributed by atoms with Crippen molar-refractivity contribution in [3.63, 3.8) is 0 Å². The first kappa shape index (κ1) is 12.8. The number of rotatable bonds is 2. The van der Waals surface area contributed by atoms with Crippen molar-refractivity contribution in [2.24, 2.45) is 11.8 Å². The minimum Gasteiger partial charge on any atom is -0.155 e. The molecule has 2 fully saturated rings. The van der Waals surface area contributed by atoms with E-state index in [-0.39, 0.29) is 2.85 Å². The summed E-state index contributed by atoms with van der Waals surface area (Å²) in [6.07, 6.45) is 13.4. The molecule has 0 saturated heterocycles. The fraction of sp³-hybridized carbons (Fsp3) is 1.00. The lowest BCUT2D eigenvalue weighted by Crippen LogP contribution is -2.17. The topological polar surface area (TPSA) is 0 Å². The lowest BCUT2D eigenvalue weighted by molar-refractivity contribution is 0.392. The molecule has 0 amide bonds. The average molecular weight is 244 g/mol. The normalized spacial score (nSPS) is 41.6. The van der Waals surface area contributed by atoms with Gasteiger partial charge < -0.3 is 0 Å². The van der Waals surface area contributed by atoms with Crippen LogP contribution in [0.3, 0.4) is 0 Å². The van der Waals surface area contributed by atoms with Gasteiger partial charge in [-0.2, -0.15) is 11.8 Å². The van der Waals surface area contributed by atoms with E-state index in [9.17, 15) is 0 Å². The molecular weight excluding hydrogens is 212 g/mol. The van der Waals surface area contributed by atoms with Crippen LogP contribution in [0.1, 0.15) is 74.5 Å². The third-order valence-electron chi connectivity index (χ3n) is 4.55. The average Bonchev–Trinajstić information content (AvgIpc) is 2.47. The van der Waals surface area contributed by atoms with Crippen LogP contribution in [0, 0.1) is 11.8 Å². The van der Waals surface area contributed by atoms with Crippen molar-refractivity contribution in [3.8, 4) is 0 Å². The Hall–Kier alpha value is 0.350. The minimum atomic E-state index is 0. The van der Waals surface area contributed by atoms with E-state index in [1.807, 2.05) is 0 Å². The van der Waals surface area contributed by atoms with Crippen molar-refractivity contribution in [1.29, 1.82) is 0 Å². The summed E-state index contributed by atoms with van der Waals surface area (Å²) in [5, 5.41) is 2.01. The highest BCUT2D eigenvalue weighted by Gasteiger charge is 2.23. The van der Waals surface area contributed by atoms with E-state index in [1.165, 1.54) is 57.8 Å². The van der Waals surface area contributed by atoms with Crippen LogP contribution in [0.25, 0.3) is 0 Å². The molecule has 0 aromatic rings. The summed E-state index contributed by atoms with van der Waals surface area (Å²) in [7, 11) is 0. The zero-order valence-corrected chi connectivity index (χ0v) is 11.9. The largest absolute Gasteiger partial charge is 0.155 e. The van der Waals surface area contributed by atoms with Crippen LogP contribution < -0.4 is 0 Å². The lowest BCUT2D eigenvalue weighted by Gasteiger charge is -2.28. The van der Waals surface area contributed by atoms with Gasteiger partial charge in [-0.3, -0.25) is 0 Å². The van der Waals surface area contributed by atoms with Gasteiger partial charge in [-0.15, -0.1) is 0 Å². The molecule has 2 atom stereocenters. The SMILES string of the molecule is CC1CCCC(SC2CCC(C)CC2)CC1.[HH].[HH]. The maximum absolute atomic E-state index is 2.44. The molecule has 0 nitrogen and oxygen atoms in total. The van der Waals surface area contributed by atoms with Gasteiger partial charge in [-0.25, -0.2) is 0 Å². The first-order valence-corrected chi connectivity index (χ1v) is 8.33. The van der Waals surface area contributed by atoms with Crippen LogP contribution in [-0.2, 0) is 0 Å². The van der Waals surface area contributed by atoms with Gasteiger partial charge in [0.25, 0.3) is 0 Å². The molecule has 0 spiro atoms. The van der Waals surface area contributed by atoms with Crippen LogP contribution in [0.15, 0.2) is 0 Å². The molecular formula is C15H32S. The van der Waals surface area contributed by atoms with Gasteiger partial charge in [0.15, 0.2) is 0 Å². The predicted molar refractivity (Wildman–Crippen MR) is 79.3 cm³/mol. The predicted octanol–water partition coefficient (Wildman–Crippen LogP) is 5.76. The van der Waals surface area contributed by atoms with Crippen LogP contribution in [0.5, 0.6) is 0 Å². The molecule has 2 aliphatic carbocycles. The van der Waals surface area contributed by atoms with Crippen molar-refractivity contribution in [1.82, 2.24) is 0 Å². The highest BCUT2D eigenvalue weighted by Crippen LogP contribution is 2.38. The molecule has 0 heterocycles. The van der Waals surface area contributed by atoms with Crippen LogP contribution in [-0.4, -0.2) is 10.5 Å². The number of hydrogen-bond donors (Lipinski definition) is 0. The van der Waals surface area contributed by atoms with E-state index >= 15 is 0 Å². The molecule has 0 aromatic carbocycles. The van der Waals surface area contributed by atoms with E-state index in [4.69, 9.17) is 0 Å². The van der Waals surface area contributed by atoms with Gasteiger partial charge >= 0.3 is 0 Å². The molecule has 0 radical (unpaired) electrons. The van der Waals surface area contributed by atoms with E-state index in [2.05, 4.69) is 25.6 Å². The summed E-state index contributed by atoms with van der Waals surface area (Å²) in [4.78, 5) is 0. The van der Waals surface area contributed by atoms with Gasteiger partial charge in [0.05, 0.1) is 0 Å². The zero-order valence-electron chi connectivity index (χ0n) is 11.1. The fourth-order valence-corrected chi connectivity index (χ4v) is 4.89. The summed E-state index contributed by atoms with van der Waals surface area (Å²) in [5.74, 6) is 2.00. The molecule has 16 heavy (non-hydrogen) atoms. The highest BCUT2D eigenvalue weighted by atomic mass is 32.2. The smallest absolute Gasteiger partial charge is 0.00500 e. The molecule has 2 rings (SSSR count). The van der Waals surface area contributed by atoms with E-state index in [0.717, 1.165) is 22.3 Å². The number of hydrogen-bond acceptors (Lipinski definition) is 1. The third kappa shape index (κ3) is 3.98. The first-order valence-electron chi connectivity index (χ1n) is 7.39. The molecule has 0 aromatic heterocycles. The van der Waals surface area contributed by atoms with Gasteiger partial charge in [0.1, 0.15) is 0 Å². The highest BCUT2D eigenvalue weighted by molar-refractivity contribution is 8.00. The van der Waals surface area contributed by atoms with Crippen molar-refractivity contribution in [3.05, 3.63) is 0 Å². The van der Waals surface area contributed by atoms with Crippen LogP contribution in [0.2, 0.25) is 0 Å². The van der Waals surface area contributed by atoms with Crippen molar-refractivity contribution < 1.29 is 2.85 Å². The van der Waals surface area contributed by atoms with Crippen molar-refractivity contribution >= 4 is 11.8 Å². The quantitative estimate of drug-likeness (QED) is 0.557. The Labute approximate surface area is 109 Å². The van der Waals surface area contributed by atoms with Crippen LogP contribution >= 0.6 is 11.8 Å². The molecule has 0 bridgehead atoms. The molecule has 98 valence electrons. The Bertz CT molecular complexity index is 203. The van der Waals surface area contributed by atoms with Gasteiger partial charge in [-0.05, 0) is 56.8 Å². The fourth-order valence-electron chi connectivity index (χ4n) is 3.23. The number of thioether (sulfide) groups is 1. The summed E-state index contributed by atoms with van der Waals surface area (Å²) in [6, 6.07) is 0. The first-order chi connectivity index (χ1) is 7.74. The standard InChI is InChI=1S/C15H28S.2H2/c1-12-4-3-5-14(9-6-12)16-15-10-7-13(2)8-11-15;;/h12-15H,3-11H2,1-2H3;2*1H. The third-order valence-corrected chi connectivity index (χ3v) is 6.26. The molecule has 0 N–H and O–H groups in total. The van der Waals surface area contributed by atoms with E-state index < -0.39 is 0 Å². The summed E-state index contributed by atoms with van der Waals surface area (Å²) < 4.78 is 0. The van der Waals surface area contributed by atoms with Crippen LogP contribution in [0.4, 0.5) is 0 Å². The molecule has 2 saturated carbocycles. The minimum absolute atomic E-state index is 0. The Balaban J connectivity index is 0.00000144. The summed E-state index contributed by atoms with van der Waals surface area (Å²) >= 11 is 2.36. The maximum atomic E-state index is 2.44. The second-order valence-electron chi connectivity index (χ2n) is 6.25. The van der Waals surface area contributed by atoms with Crippen molar-refractivity contribution in [2.75, 3.05) is 0 Å². The molecule has 2 aliphatic rings. The second-order valence-corrected chi connectivity index (χ2v) is 7.86. The van der Waals surface area contributed by atoms with E-state index in [1.54, 1.807) is 0 Å². The summed E-state index contributed by atoms with van der Waals surface area (Å²) in [6.45, 7) is 4.86. The van der Waals surface area contributed by atoms with Gasteiger partial charge in [0.2, 0.25) is 0 Å². The Morgan fingerprint density at radius 1 is 0.688 bits per heavy atom. The van der Waals surface area contributed by atoms with Crippen molar-refractivity contribution in [2.45, 2.75) is 82.1 Å². The van der Waals surface area contributed by atoms with Gasteiger partial charge in [0, 0.05) is 13.4 Å². The van der Waals surface area contributed by atoms with Gasteiger partial charge in [-0.1, -0.05) is 26.7 Å². The Morgan fingerprint density at radius 3 is 1.81 bits per heavy atom. The molecule has 0 aliphatic heterocycles. The van der Waals surface area contributed by atoms with E-state index in [0.29, 0.717) is 0 Å². The Kier molecular flexibility index (Phi) is 5.06. The molecule has 2 unspecified atom stereocenters. The summed E-state index contributed by atoms with van der Waals surface area (Å²) in [5.41, 5.74) is 0. The maximum Gasteiger partial charge on any atom is 0.00500 e. The Morgan fingerprint density at radius 2 is 1.19 bits per heavy atom. The lowest BCUT2D eigenvalue weighted by atomic mass is 9.91. The monoisotopic (exact) mass is 244 g/mol.